The Morgan fingerprint density at radius 1 is 0.551 bits per heavy atom. The molecule has 2 aromatic carbocycles. The van der Waals surface area contributed by atoms with Crippen molar-refractivity contribution in [3.8, 4) is 57.0 Å². The van der Waals surface area contributed by atoms with Gasteiger partial charge in [-0.2, -0.15) is 0 Å². The van der Waals surface area contributed by atoms with Crippen LogP contribution in [-0.4, -0.2) is 77.7 Å². The fourth-order valence-corrected chi connectivity index (χ4v) is 5.62. The van der Waals surface area contributed by atoms with Gasteiger partial charge in [0.25, 0.3) is 0 Å². The van der Waals surface area contributed by atoms with Crippen molar-refractivity contribution < 1.29 is 28.4 Å². The first-order valence-electron chi connectivity index (χ1n) is 14.7. The summed E-state index contributed by atoms with van der Waals surface area (Å²) in [5.41, 5.74) is 17.3. The van der Waals surface area contributed by atoms with Crippen LogP contribution in [-0.2, 0) is 11.1 Å². The lowest BCUT2D eigenvalue weighted by Gasteiger charge is -2.35. The number of pyridine rings is 2. The highest BCUT2D eigenvalue weighted by molar-refractivity contribution is 5.86. The van der Waals surface area contributed by atoms with Crippen LogP contribution >= 0.6 is 37.2 Å². The quantitative estimate of drug-likeness (QED) is 0.155. The molecule has 4 aromatic rings. The van der Waals surface area contributed by atoms with Gasteiger partial charge in [0.2, 0.25) is 11.5 Å². The molecule has 0 radical (unpaired) electrons. The molecule has 2 unspecified atom stereocenters. The molecule has 49 heavy (non-hydrogen) atoms. The third-order valence-corrected chi connectivity index (χ3v) is 7.96. The minimum Gasteiger partial charge on any atom is -0.493 e. The highest BCUT2D eigenvalue weighted by atomic mass is 35.5. The Morgan fingerprint density at radius 2 is 0.857 bits per heavy atom. The van der Waals surface area contributed by atoms with E-state index in [-0.39, 0.29) is 37.2 Å². The van der Waals surface area contributed by atoms with Gasteiger partial charge in [-0.15, -0.1) is 37.2 Å². The zero-order valence-electron chi connectivity index (χ0n) is 29.4. The average molecular weight is 741 g/mol. The summed E-state index contributed by atoms with van der Waals surface area (Å²) in [6, 6.07) is 15.3. The number of rotatable bonds is 14. The fraction of sp³-hybridized carbons (Fsp3) is 0.371. The summed E-state index contributed by atoms with van der Waals surface area (Å²) in [6.07, 6.45) is 3.61. The number of nitrogens with two attached hydrogens (primary N) is 2. The van der Waals surface area contributed by atoms with Crippen LogP contribution in [0.25, 0.3) is 22.5 Å². The van der Waals surface area contributed by atoms with Gasteiger partial charge in [-0.05, 0) is 68.4 Å². The van der Waals surface area contributed by atoms with Crippen molar-refractivity contribution >= 4 is 37.2 Å². The number of halogens is 3. The molecule has 0 aliphatic carbocycles. The van der Waals surface area contributed by atoms with Crippen molar-refractivity contribution in [1.29, 1.82) is 0 Å². The topological polar surface area (TPSA) is 136 Å². The standard InChI is InChI=1S/C35H45N5O6.3ClH/c1-34(36,24-10-12-26(38-18-24)22-14-28(41-4)32(45-8)29(15-22)42-5)20-40(3)21-35(2,37)25-11-13-27(39-19-25)23-16-30(43-6)33(46-9)31(17-23)44-7;;;/h10-19H,20-21,36-37H2,1-9H3;3*1H. The third kappa shape index (κ3) is 9.72. The lowest BCUT2D eigenvalue weighted by molar-refractivity contribution is 0.213. The van der Waals surface area contributed by atoms with Crippen molar-refractivity contribution in [2.24, 2.45) is 11.5 Å². The van der Waals surface area contributed by atoms with Crippen molar-refractivity contribution in [2.75, 3.05) is 62.8 Å². The smallest absolute Gasteiger partial charge is 0.203 e. The van der Waals surface area contributed by atoms with Crippen molar-refractivity contribution in [2.45, 2.75) is 24.9 Å². The van der Waals surface area contributed by atoms with Gasteiger partial charge in [0.15, 0.2) is 23.0 Å². The molecule has 4 rings (SSSR count). The van der Waals surface area contributed by atoms with Gasteiger partial charge in [0.1, 0.15) is 0 Å². The van der Waals surface area contributed by atoms with E-state index in [1.807, 2.05) is 69.4 Å². The molecule has 270 valence electrons. The Labute approximate surface area is 307 Å². The predicted octanol–water partition coefficient (Wildman–Crippen LogP) is 6.11. The molecule has 2 atom stereocenters. The van der Waals surface area contributed by atoms with Crippen LogP contribution in [0.5, 0.6) is 34.5 Å². The number of aromatic nitrogens is 2. The molecule has 0 fully saturated rings. The number of ether oxygens (including phenoxy) is 6. The summed E-state index contributed by atoms with van der Waals surface area (Å²) in [5, 5.41) is 0. The number of hydrogen-bond acceptors (Lipinski definition) is 11. The molecular weight excluding hydrogens is 693 g/mol. The van der Waals surface area contributed by atoms with Crippen LogP contribution < -0.4 is 39.9 Å². The Kier molecular flexibility index (Phi) is 16.2. The average Bonchev–Trinajstić information content (AvgIpc) is 3.06. The van der Waals surface area contributed by atoms with Crippen LogP contribution in [0.2, 0.25) is 0 Å². The van der Waals surface area contributed by atoms with E-state index in [0.717, 1.165) is 33.6 Å². The minimum atomic E-state index is -0.694. The van der Waals surface area contributed by atoms with Gasteiger partial charge in [-0.3, -0.25) is 9.97 Å². The minimum absolute atomic E-state index is 0. The second kappa shape index (κ2) is 18.3. The first-order valence-corrected chi connectivity index (χ1v) is 14.7. The van der Waals surface area contributed by atoms with E-state index in [4.69, 9.17) is 49.9 Å². The summed E-state index contributed by atoms with van der Waals surface area (Å²) in [6.45, 7) is 5.06. The lowest BCUT2D eigenvalue weighted by atomic mass is 9.90. The lowest BCUT2D eigenvalue weighted by Crippen LogP contribution is -2.50. The number of benzene rings is 2. The maximum atomic E-state index is 6.85. The van der Waals surface area contributed by atoms with E-state index in [1.54, 1.807) is 55.1 Å². The third-order valence-electron chi connectivity index (χ3n) is 7.96. The number of hydrogen-bond donors (Lipinski definition) is 2. The zero-order valence-corrected chi connectivity index (χ0v) is 31.8. The molecule has 0 saturated carbocycles. The summed E-state index contributed by atoms with van der Waals surface area (Å²) >= 11 is 0. The zero-order chi connectivity index (χ0) is 33.6. The van der Waals surface area contributed by atoms with E-state index < -0.39 is 11.1 Å². The molecule has 0 bridgehead atoms. The fourth-order valence-electron chi connectivity index (χ4n) is 5.62. The first kappa shape index (κ1) is 43.3. The van der Waals surface area contributed by atoms with Crippen LogP contribution in [0.4, 0.5) is 0 Å². The van der Waals surface area contributed by atoms with E-state index in [9.17, 15) is 0 Å². The second-order valence-electron chi connectivity index (χ2n) is 11.7. The Bertz CT molecular complexity index is 1470. The van der Waals surface area contributed by atoms with Gasteiger partial charge in [-0.1, -0.05) is 12.1 Å². The molecule has 2 aromatic heterocycles. The Hall–Kier alpha value is -3.71. The molecule has 0 saturated heterocycles. The molecule has 4 N–H and O–H groups in total. The van der Waals surface area contributed by atoms with E-state index >= 15 is 0 Å². The van der Waals surface area contributed by atoms with E-state index in [0.29, 0.717) is 47.6 Å². The maximum absolute atomic E-state index is 6.85. The van der Waals surface area contributed by atoms with Crippen molar-refractivity contribution in [3.05, 3.63) is 72.1 Å². The van der Waals surface area contributed by atoms with Crippen molar-refractivity contribution in [1.82, 2.24) is 14.9 Å². The van der Waals surface area contributed by atoms with Crippen molar-refractivity contribution in [3.63, 3.8) is 0 Å². The monoisotopic (exact) mass is 739 g/mol. The highest BCUT2D eigenvalue weighted by Crippen LogP contribution is 2.42. The van der Waals surface area contributed by atoms with Crippen LogP contribution in [0.1, 0.15) is 25.0 Å². The second-order valence-corrected chi connectivity index (χ2v) is 11.7. The van der Waals surface area contributed by atoms with E-state index in [2.05, 4.69) is 4.90 Å². The molecule has 0 spiro atoms. The van der Waals surface area contributed by atoms with Gasteiger partial charge in [-0.25, -0.2) is 0 Å². The van der Waals surface area contributed by atoms with Gasteiger partial charge < -0.3 is 44.8 Å². The van der Waals surface area contributed by atoms with Gasteiger partial charge in [0, 0.05) is 36.6 Å². The molecule has 11 nitrogen and oxygen atoms in total. The molecule has 0 amide bonds. The summed E-state index contributed by atoms with van der Waals surface area (Å²) in [7, 11) is 11.5. The summed E-state index contributed by atoms with van der Waals surface area (Å²) in [5.74, 6) is 3.29. The molecular formula is C35H48Cl3N5O6. The number of likely N-dealkylation sites (N-methyl/N-ethyl adjacent to an activating group) is 1. The molecule has 0 aliphatic heterocycles. The summed E-state index contributed by atoms with van der Waals surface area (Å²) in [4.78, 5) is 11.5. The number of nitrogens with zero attached hydrogens (tertiary/aromatic N) is 3. The normalized spacial score (nSPS) is 13.0. The van der Waals surface area contributed by atoms with Gasteiger partial charge in [0.05, 0.1) is 65.1 Å². The highest BCUT2D eigenvalue weighted by Gasteiger charge is 2.29. The Balaban J connectivity index is 0.00000400. The van der Waals surface area contributed by atoms with Crippen LogP contribution in [0, 0.1) is 0 Å². The largest absolute Gasteiger partial charge is 0.493 e. The molecule has 0 aliphatic rings. The molecule has 2 heterocycles. The van der Waals surface area contributed by atoms with Crippen LogP contribution in [0.3, 0.4) is 0 Å². The number of methoxy groups -OCH3 is 6. The summed E-state index contributed by atoms with van der Waals surface area (Å²) < 4.78 is 32.9. The predicted molar refractivity (Wildman–Crippen MR) is 201 cm³/mol. The Morgan fingerprint density at radius 3 is 1.08 bits per heavy atom. The van der Waals surface area contributed by atoms with Crippen LogP contribution in [0.15, 0.2) is 60.9 Å². The van der Waals surface area contributed by atoms with Gasteiger partial charge >= 0.3 is 0 Å². The first-order chi connectivity index (χ1) is 21.9. The van der Waals surface area contributed by atoms with E-state index in [1.165, 1.54) is 0 Å². The molecule has 14 heteroatoms. The maximum Gasteiger partial charge on any atom is 0.203 e. The SMILES string of the molecule is COc1cc(-c2ccc(C(C)(N)CN(C)CC(C)(N)c3ccc(-c4cc(OC)c(OC)c(OC)c4)nc3)cn2)cc(OC)c1OC.Cl.Cl.Cl.